The number of ether oxygens (including phenoxy) is 1. The summed E-state index contributed by atoms with van der Waals surface area (Å²) in [6, 6.07) is 0. The zero-order valence-corrected chi connectivity index (χ0v) is 7.13. The summed E-state index contributed by atoms with van der Waals surface area (Å²) in [6.45, 7) is 7.36. The maximum absolute atomic E-state index is 9.06. The van der Waals surface area contributed by atoms with E-state index in [1.165, 1.54) is 0 Å². The lowest BCUT2D eigenvalue weighted by Gasteiger charge is -2.06. The summed E-state index contributed by atoms with van der Waals surface area (Å²) in [5, 5.41) is 9.06. The molecule has 1 aliphatic heterocycles. The van der Waals surface area contributed by atoms with Crippen molar-refractivity contribution in [2.75, 3.05) is 13.2 Å². The summed E-state index contributed by atoms with van der Waals surface area (Å²) >= 11 is 0. The molecule has 1 N–H and O–H groups in total. The standard InChI is InChI=1S/C6H12O2.C2H6/c1-2-5-3-8-4-6(5)7;1-2/h5-7H,2-4H2,1H3;1-2H3/t5-,6?;/m0./s1. The fraction of sp³-hybridized carbons (Fsp3) is 1.00. The average Bonchev–Trinajstić information content (AvgIpc) is 2.39. The van der Waals surface area contributed by atoms with Crippen LogP contribution in [0, 0.1) is 5.92 Å². The molecule has 1 aliphatic rings. The minimum atomic E-state index is -0.194. The molecule has 0 bridgehead atoms. The van der Waals surface area contributed by atoms with Crippen molar-refractivity contribution in [3.05, 3.63) is 0 Å². The third kappa shape index (κ3) is 2.67. The van der Waals surface area contributed by atoms with E-state index >= 15 is 0 Å². The van der Waals surface area contributed by atoms with Gasteiger partial charge in [0.05, 0.1) is 19.3 Å². The number of aliphatic hydroxyl groups excluding tert-OH is 1. The molecule has 2 heteroatoms. The largest absolute Gasteiger partial charge is 0.390 e. The van der Waals surface area contributed by atoms with E-state index in [9.17, 15) is 0 Å². The van der Waals surface area contributed by atoms with Crippen molar-refractivity contribution < 1.29 is 9.84 Å². The normalized spacial score (nSPS) is 31.2. The van der Waals surface area contributed by atoms with E-state index < -0.39 is 0 Å². The Kier molecular flexibility index (Phi) is 5.64. The Morgan fingerprint density at radius 3 is 2.20 bits per heavy atom. The number of hydrogen-bond acceptors (Lipinski definition) is 2. The van der Waals surface area contributed by atoms with Crippen LogP contribution in [-0.4, -0.2) is 24.4 Å². The maximum Gasteiger partial charge on any atom is 0.0823 e. The van der Waals surface area contributed by atoms with Crippen LogP contribution in [-0.2, 0) is 4.74 Å². The summed E-state index contributed by atoms with van der Waals surface area (Å²) in [4.78, 5) is 0. The smallest absolute Gasteiger partial charge is 0.0823 e. The van der Waals surface area contributed by atoms with Crippen molar-refractivity contribution in [1.29, 1.82) is 0 Å². The van der Waals surface area contributed by atoms with Crippen LogP contribution in [0.25, 0.3) is 0 Å². The van der Waals surface area contributed by atoms with Gasteiger partial charge in [-0.15, -0.1) is 0 Å². The van der Waals surface area contributed by atoms with Crippen LogP contribution in [0.4, 0.5) is 0 Å². The highest BCUT2D eigenvalue weighted by molar-refractivity contribution is 4.71. The van der Waals surface area contributed by atoms with Crippen molar-refractivity contribution in [2.45, 2.75) is 33.3 Å². The zero-order chi connectivity index (χ0) is 7.98. The Morgan fingerprint density at radius 2 is 2.00 bits per heavy atom. The summed E-state index contributed by atoms with van der Waals surface area (Å²) in [6.07, 6.45) is 0.834. The SMILES string of the molecule is CC.CC[C@H]1COCC1O. The van der Waals surface area contributed by atoms with E-state index in [1.807, 2.05) is 13.8 Å². The first-order valence-corrected chi connectivity index (χ1v) is 4.10. The van der Waals surface area contributed by atoms with Crippen LogP contribution in [0.1, 0.15) is 27.2 Å². The Morgan fingerprint density at radius 1 is 1.40 bits per heavy atom. The van der Waals surface area contributed by atoms with Crippen molar-refractivity contribution in [2.24, 2.45) is 5.92 Å². The molecule has 0 saturated carbocycles. The maximum atomic E-state index is 9.06. The Labute approximate surface area is 63.2 Å². The Bertz CT molecular complexity index is 73.7. The first kappa shape index (κ1) is 9.92. The summed E-state index contributed by atoms with van der Waals surface area (Å²) in [5.41, 5.74) is 0. The number of rotatable bonds is 1. The molecule has 1 fully saturated rings. The zero-order valence-electron chi connectivity index (χ0n) is 7.13. The predicted molar refractivity (Wildman–Crippen MR) is 42.0 cm³/mol. The quantitative estimate of drug-likeness (QED) is 0.606. The van der Waals surface area contributed by atoms with Gasteiger partial charge in [-0.05, 0) is 6.42 Å². The molecule has 1 unspecified atom stereocenters. The van der Waals surface area contributed by atoms with E-state index in [-0.39, 0.29) is 6.10 Å². The second kappa shape index (κ2) is 5.69. The van der Waals surface area contributed by atoms with Crippen molar-refractivity contribution >= 4 is 0 Å². The van der Waals surface area contributed by atoms with Gasteiger partial charge in [-0.25, -0.2) is 0 Å². The lowest BCUT2D eigenvalue weighted by atomic mass is 10.0. The number of hydrogen-bond donors (Lipinski definition) is 1. The minimum absolute atomic E-state index is 0.194. The van der Waals surface area contributed by atoms with Gasteiger partial charge in [-0.3, -0.25) is 0 Å². The molecule has 62 valence electrons. The average molecular weight is 146 g/mol. The van der Waals surface area contributed by atoms with Gasteiger partial charge >= 0.3 is 0 Å². The Hall–Kier alpha value is -0.0800. The summed E-state index contributed by atoms with van der Waals surface area (Å²) in [7, 11) is 0. The monoisotopic (exact) mass is 146 g/mol. The topological polar surface area (TPSA) is 29.5 Å². The van der Waals surface area contributed by atoms with Crippen molar-refractivity contribution in [3.8, 4) is 0 Å². The highest BCUT2D eigenvalue weighted by Gasteiger charge is 2.23. The van der Waals surface area contributed by atoms with E-state index in [1.54, 1.807) is 0 Å². The van der Waals surface area contributed by atoms with Crippen LogP contribution in [0.5, 0.6) is 0 Å². The van der Waals surface area contributed by atoms with Gasteiger partial charge in [0.2, 0.25) is 0 Å². The van der Waals surface area contributed by atoms with Gasteiger partial charge in [0, 0.05) is 5.92 Å². The van der Waals surface area contributed by atoms with Gasteiger partial charge in [0.1, 0.15) is 0 Å². The van der Waals surface area contributed by atoms with Crippen molar-refractivity contribution in [1.82, 2.24) is 0 Å². The molecule has 0 aromatic heterocycles. The first-order valence-electron chi connectivity index (χ1n) is 4.10. The van der Waals surface area contributed by atoms with E-state index in [2.05, 4.69) is 6.92 Å². The van der Waals surface area contributed by atoms with Gasteiger partial charge in [0.25, 0.3) is 0 Å². The molecular formula is C8H18O2. The van der Waals surface area contributed by atoms with Crippen LogP contribution >= 0.6 is 0 Å². The molecular weight excluding hydrogens is 128 g/mol. The molecule has 0 aromatic carbocycles. The van der Waals surface area contributed by atoms with Gasteiger partial charge in [0.15, 0.2) is 0 Å². The second-order valence-electron chi connectivity index (χ2n) is 2.27. The molecule has 2 nitrogen and oxygen atoms in total. The van der Waals surface area contributed by atoms with E-state index in [4.69, 9.17) is 9.84 Å². The summed E-state index contributed by atoms with van der Waals surface area (Å²) < 4.78 is 5.01. The van der Waals surface area contributed by atoms with Crippen LogP contribution in [0.3, 0.4) is 0 Å². The Balaban J connectivity index is 0.000000371. The van der Waals surface area contributed by atoms with Crippen molar-refractivity contribution in [3.63, 3.8) is 0 Å². The number of aliphatic hydroxyl groups is 1. The molecule has 0 aliphatic carbocycles. The van der Waals surface area contributed by atoms with Crippen LogP contribution < -0.4 is 0 Å². The molecule has 0 radical (unpaired) electrons. The van der Waals surface area contributed by atoms with Crippen LogP contribution in [0.15, 0.2) is 0 Å². The molecule has 0 amide bonds. The summed E-state index contributed by atoms with van der Waals surface area (Å²) in [5.74, 6) is 0.398. The fourth-order valence-corrected chi connectivity index (χ4v) is 0.977. The van der Waals surface area contributed by atoms with Gasteiger partial charge in [-0.2, -0.15) is 0 Å². The lowest BCUT2D eigenvalue weighted by molar-refractivity contribution is 0.118. The molecule has 1 saturated heterocycles. The second-order valence-corrected chi connectivity index (χ2v) is 2.27. The van der Waals surface area contributed by atoms with Gasteiger partial charge in [-0.1, -0.05) is 20.8 Å². The van der Waals surface area contributed by atoms with Gasteiger partial charge < -0.3 is 9.84 Å². The van der Waals surface area contributed by atoms with Crippen LogP contribution in [0.2, 0.25) is 0 Å². The molecule has 0 spiro atoms. The third-order valence-electron chi connectivity index (χ3n) is 1.69. The predicted octanol–water partition coefficient (Wildman–Crippen LogP) is 1.43. The molecule has 1 rings (SSSR count). The molecule has 0 aromatic rings. The molecule has 2 atom stereocenters. The highest BCUT2D eigenvalue weighted by Crippen LogP contribution is 2.15. The first-order chi connectivity index (χ1) is 4.84. The molecule has 10 heavy (non-hydrogen) atoms. The fourth-order valence-electron chi connectivity index (χ4n) is 0.977. The third-order valence-corrected chi connectivity index (χ3v) is 1.69. The lowest BCUT2D eigenvalue weighted by Crippen LogP contribution is -2.16. The van der Waals surface area contributed by atoms with E-state index in [0.29, 0.717) is 12.5 Å². The molecule has 1 heterocycles. The minimum Gasteiger partial charge on any atom is -0.390 e. The highest BCUT2D eigenvalue weighted by atomic mass is 16.5. The van der Waals surface area contributed by atoms with E-state index in [0.717, 1.165) is 13.0 Å².